The molecule has 0 N–H and O–H groups in total. The predicted molar refractivity (Wildman–Crippen MR) is 117 cm³/mol. The van der Waals surface area contributed by atoms with Crippen molar-refractivity contribution in [2.45, 2.75) is 141 Å². The van der Waals surface area contributed by atoms with Crippen LogP contribution in [0.4, 0.5) is 0 Å². The van der Waals surface area contributed by atoms with Crippen LogP contribution < -0.4 is 0 Å². The minimum absolute atomic E-state index is 0.917. The summed E-state index contributed by atoms with van der Waals surface area (Å²) >= 11 is 0. The summed E-state index contributed by atoms with van der Waals surface area (Å²) in [4.78, 5) is 3.17. The van der Waals surface area contributed by atoms with Crippen LogP contribution in [0, 0.1) is 23.7 Å². The molecule has 4 atom stereocenters. The molecule has 1 nitrogen and oxygen atoms in total. The van der Waals surface area contributed by atoms with E-state index >= 15 is 0 Å². The van der Waals surface area contributed by atoms with E-state index in [9.17, 15) is 0 Å². The van der Waals surface area contributed by atoms with Gasteiger partial charge in [0.05, 0.1) is 0 Å². The van der Waals surface area contributed by atoms with E-state index in [1.807, 2.05) is 0 Å². The van der Waals surface area contributed by atoms with Gasteiger partial charge in [0.15, 0.2) is 0 Å². The molecule has 4 fully saturated rings. The van der Waals surface area contributed by atoms with Crippen molar-refractivity contribution < 1.29 is 0 Å². The Morgan fingerprint density at radius 2 is 0.963 bits per heavy atom. The molecular formula is C26H47N. The minimum Gasteiger partial charge on any atom is -0.294 e. The van der Waals surface area contributed by atoms with Gasteiger partial charge in [-0.15, -0.1) is 0 Å². The van der Waals surface area contributed by atoms with Crippen molar-refractivity contribution in [1.29, 1.82) is 0 Å². The summed E-state index contributed by atoms with van der Waals surface area (Å²) < 4.78 is 0. The van der Waals surface area contributed by atoms with Crippen LogP contribution in [0.1, 0.15) is 123 Å². The predicted octanol–water partition coefficient (Wildman–Crippen LogP) is 7.58. The van der Waals surface area contributed by atoms with Crippen molar-refractivity contribution in [1.82, 2.24) is 4.90 Å². The Labute approximate surface area is 170 Å². The highest BCUT2D eigenvalue weighted by Crippen LogP contribution is 2.43. The summed E-state index contributed by atoms with van der Waals surface area (Å²) in [7, 11) is 0. The van der Waals surface area contributed by atoms with Crippen molar-refractivity contribution >= 4 is 0 Å². The van der Waals surface area contributed by atoms with Gasteiger partial charge in [-0.25, -0.2) is 0 Å². The Balaban J connectivity index is 1.40. The average molecular weight is 374 g/mol. The van der Waals surface area contributed by atoms with E-state index in [-0.39, 0.29) is 0 Å². The molecule has 4 unspecified atom stereocenters. The fourth-order valence-corrected chi connectivity index (χ4v) is 7.72. The van der Waals surface area contributed by atoms with Gasteiger partial charge in [0.2, 0.25) is 0 Å². The molecule has 0 bridgehead atoms. The molecule has 0 aromatic carbocycles. The fraction of sp³-hybridized carbons (Fsp3) is 1.00. The highest BCUT2D eigenvalue weighted by Gasteiger charge is 2.38. The summed E-state index contributed by atoms with van der Waals surface area (Å²) in [6, 6.07) is 2.76. The van der Waals surface area contributed by atoms with E-state index in [0.717, 1.165) is 41.8 Å². The standard InChI is InChI=1S/C26H47N/c1-20-8-6-12-25(18-20)27(26-13-7-9-21(2)19-26)24-16-14-23(15-17-24)22-10-4-3-5-11-22/h20-26H,3-19H2,1-2H3. The Morgan fingerprint density at radius 1 is 0.444 bits per heavy atom. The van der Waals surface area contributed by atoms with E-state index < -0.39 is 0 Å². The molecule has 0 aromatic heterocycles. The van der Waals surface area contributed by atoms with Crippen LogP contribution in [0.2, 0.25) is 0 Å². The topological polar surface area (TPSA) is 3.24 Å². The van der Waals surface area contributed by atoms with Crippen LogP contribution in [0.25, 0.3) is 0 Å². The first-order chi connectivity index (χ1) is 13.2. The Morgan fingerprint density at radius 3 is 1.48 bits per heavy atom. The van der Waals surface area contributed by atoms with Crippen LogP contribution >= 0.6 is 0 Å². The van der Waals surface area contributed by atoms with Crippen LogP contribution in [0.3, 0.4) is 0 Å². The molecule has 4 aliphatic rings. The zero-order valence-electron chi connectivity index (χ0n) is 18.5. The van der Waals surface area contributed by atoms with Crippen molar-refractivity contribution in [3.8, 4) is 0 Å². The second-order valence-corrected chi connectivity index (χ2v) is 11.3. The maximum absolute atomic E-state index is 3.17. The van der Waals surface area contributed by atoms with Crippen molar-refractivity contribution in [3.63, 3.8) is 0 Å². The quantitative estimate of drug-likeness (QED) is 0.490. The Kier molecular flexibility index (Phi) is 7.23. The largest absolute Gasteiger partial charge is 0.294 e. The average Bonchev–Trinajstić information content (AvgIpc) is 2.70. The molecule has 0 heterocycles. The van der Waals surface area contributed by atoms with Crippen LogP contribution in [-0.4, -0.2) is 23.0 Å². The summed E-state index contributed by atoms with van der Waals surface area (Å²) in [6.07, 6.45) is 25.8. The molecule has 0 spiro atoms. The summed E-state index contributed by atoms with van der Waals surface area (Å²) in [5.74, 6) is 4.10. The van der Waals surface area contributed by atoms with Gasteiger partial charge in [-0.05, 0) is 75.0 Å². The fourth-order valence-electron chi connectivity index (χ4n) is 7.72. The third kappa shape index (κ3) is 5.12. The highest BCUT2D eigenvalue weighted by molar-refractivity contribution is 4.93. The second-order valence-electron chi connectivity index (χ2n) is 11.3. The summed E-state index contributed by atoms with van der Waals surface area (Å²) in [5.41, 5.74) is 0. The van der Waals surface area contributed by atoms with E-state index in [2.05, 4.69) is 18.7 Å². The molecule has 1 heteroatoms. The van der Waals surface area contributed by atoms with Gasteiger partial charge in [-0.1, -0.05) is 71.6 Å². The highest BCUT2D eigenvalue weighted by atomic mass is 15.2. The monoisotopic (exact) mass is 373 g/mol. The smallest absolute Gasteiger partial charge is 0.0104 e. The van der Waals surface area contributed by atoms with Gasteiger partial charge >= 0.3 is 0 Å². The van der Waals surface area contributed by atoms with E-state index in [1.165, 1.54) is 83.5 Å². The van der Waals surface area contributed by atoms with E-state index in [4.69, 9.17) is 0 Å². The van der Waals surface area contributed by atoms with Crippen molar-refractivity contribution in [2.24, 2.45) is 23.7 Å². The number of hydrogen-bond acceptors (Lipinski definition) is 1. The first kappa shape index (κ1) is 20.2. The molecule has 156 valence electrons. The number of nitrogens with zero attached hydrogens (tertiary/aromatic N) is 1. The Bertz CT molecular complexity index is 409. The maximum Gasteiger partial charge on any atom is 0.0104 e. The lowest BCUT2D eigenvalue weighted by Gasteiger charge is -2.50. The van der Waals surface area contributed by atoms with Gasteiger partial charge in [0.25, 0.3) is 0 Å². The van der Waals surface area contributed by atoms with Gasteiger partial charge in [-0.3, -0.25) is 4.90 Å². The molecule has 4 saturated carbocycles. The van der Waals surface area contributed by atoms with Crippen LogP contribution in [0.15, 0.2) is 0 Å². The number of rotatable bonds is 4. The molecule has 0 saturated heterocycles. The third-order valence-corrected chi connectivity index (χ3v) is 9.14. The third-order valence-electron chi connectivity index (χ3n) is 9.14. The van der Waals surface area contributed by atoms with Crippen molar-refractivity contribution in [3.05, 3.63) is 0 Å². The second kappa shape index (κ2) is 9.64. The van der Waals surface area contributed by atoms with Gasteiger partial charge in [0.1, 0.15) is 0 Å². The minimum atomic E-state index is 0.917. The first-order valence-electron chi connectivity index (χ1n) is 13.0. The van der Waals surface area contributed by atoms with Crippen LogP contribution in [-0.2, 0) is 0 Å². The number of hydrogen-bond donors (Lipinski definition) is 0. The van der Waals surface area contributed by atoms with Gasteiger partial charge < -0.3 is 0 Å². The molecule has 4 aliphatic carbocycles. The molecule has 0 radical (unpaired) electrons. The lowest BCUT2D eigenvalue weighted by Crippen LogP contribution is -2.53. The maximum atomic E-state index is 3.17. The van der Waals surface area contributed by atoms with E-state index in [1.54, 1.807) is 25.7 Å². The Hall–Kier alpha value is -0.0400. The molecule has 27 heavy (non-hydrogen) atoms. The van der Waals surface area contributed by atoms with Gasteiger partial charge in [-0.2, -0.15) is 0 Å². The molecule has 4 rings (SSSR count). The first-order valence-corrected chi connectivity index (χ1v) is 13.0. The molecule has 0 aromatic rings. The van der Waals surface area contributed by atoms with E-state index in [0.29, 0.717) is 0 Å². The van der Waals surface area contributed by atoms with Crippen molar-refractivity contribution in [2.75, 3.05) is 0 Å². The normalized spacial score (nSPS) is 42.3. The van der Waals surface area contributed by atoms with Gasteiger partial charge in [0, 0.05) is 18.1 Å². The van der Waals surface area contributed by atoms with Crippen LogP contribution in [0.5, 0.6) is 0 Å². The summed E-state index contributed by atoms with van der Waals surface area (Å²) in [5, 5.41) is 0. The zero-order chi connectivity index (χ0) is 18.6. The SMILES string of the molecule is CC1CCCC(N(C2CCC(C3CCCCC3)CC2)C2CCCC(C)C2)C1. The molecule has 0 aliphatic heterocycles. The summed E-state index contributed by atoms with van der Waals surface area (Å²) in [6.45, 7) is 5.04. The lowest BCUT2D eigenvalue weighted by molar-refractivity contribution is -0.00434. The molecular weight excluding hydrogens is 326 g/mol. The zero-order valence-corrected chi connectivity index (χ0v) is 18.5. The molecule has 0 amide bonds. The lowest BCUT2D eigenvalue weighted by atomic mass is 9.71.